The molecule has 0 bridgehead atoms. The number of hydrogen-bond donors (Lipinski definition) is 1. The second-order valence-corrected chi connectivity index (χ2v) is 7.88. The highest BCUT2D eigenvalue weighted by Crippen LogP contribution is 2.34. The van der Waals surface area contributed by atoms with Crippen LogP contribution in [0.1, 0.15) is 46.1 Å². The lowest BCUT2D eigenvalue weighted by molar-refractivity contribution is 0.279. The number of piperidine rings is 1. The maximum atomic E-state index is 3.62. The van der Waals surface area contributed by atoms with Gasteiger partial charge in [0.1, 0.15) is 0 Å². The third-order valence-electron chi connectivity index (χ3n) is 4.21. The van der Waals surface area contributed by atoms with Crippen LogP contribution >= 0.6 is 15.9 Å². The lowest BCUT2D eigenvalue weighted by atomic mass is 9.82. The van der Waals surface area contributed by atoms with Crippen molar-refractivity contribution < 1.29 is 0 Å². The number of nitrogens with one attached hydrogen (secondary N) is 1. The van der Waals surface area contributed by atoms with E-state index in [2.05, 4.69) is 72.0 Å². The monoisotopic (exact) mass is 338 g/mol. The molecule has 1 aromatic carbocycles. The van der Waals surface area contributed by atoms with E-state index < -0.39 is 0 Å². The van der Waals surface area contributed by atoms with Gasteiger partial charge in [-0.05, 0) is 36.0 Å². The first kappa shape index (κ1) is 15.8. The molecule has 0 aromatic heterocycles. The van der Waals surface area contributed by atoms with Gasteiger partial charge in [0.15, 0.2) is 0 Å². The Balaban J connectivity index is 2.15. The highest BCUT2D eigenvalue weighted by Gasteiger charge is 2.26. The zero-order valence-corrected chi connectivity index (χ0v) is 14.8. The van der Waals surface area contributed by atoms with Crippen molar-refractivity contribution in [3.63, 3.8) is 0 Å². The number of nitrogens with zero attached hydrogens (tertiary/aromatic N) is 1. The smallest absolute Gasteiger partial charge is 0.0423 e. The van der Waals surface area contributed by atoms with Crippen molar-refractivity contribution in [1.29, 1.82) is 0 Å². The molecule has 0 atom stereocenters. The fraction of sp³-hybridized carbons (Fsp3) is 0.647. The number of anilines is 1. The Hall–Kier alpha value is -0.540. The van der Waals surface area contributed by atoms with Gasteiger partial charge in [-0.2, -0.15) is 0 Å². The lowest BCUT2D eigenvalue weighted by Gasteiger charge is -2.39. The van der Waals surface area contributed by atoms with Gasteiger partial charge in [0.25, 0.3) is 0 Å². The molecule has 0 radical (unpaired) electrons. The van der Waals surface area contributed by atoms with Crippen LogP contribution in [0.2, 0.25) is 0 Å². The standard InChI is InChI=1S/C17H27BrN2/c1-13(2)19-12-14-5-6-15(18)11-16(14)20-9-7-17(3,4)8-10-20/h5-6,11,13,19H,7-10,12H2,1-4H3. The topological polar surface area (TPSA) is 15.3 Å². The van der Waals surface area contributed by atoms with Crippen molar-refractivity contribution in [3.8, 4) is 0 Å². The Labute approximate surface area is 132 Å². The average molecular weight is 339 g/mol. The molecule has 1 saturated heterocycles. The predicted molar refractivity (Wildman–Crippen MR) is 91.3 cm³/mol. The van der Waals surface area contributed by atoms with E-state index in [1.807, 2.05) is 0 Å². The molecule has 1 N–H and O–H groups in total. The van der Waals surface area contributed by atoms with Crippen LogP contribution in [0.4, 0.5) is 5.69 Å². The van der Waals surface area contributed by atoms with Gasteiger partial charge >= 0.3 is 0 Å². The van der Waals surface area contributed by atoms with E-state index in [9.17, 15) is 0 Å². The number of hydrogen-bond acceptors (Lipinski definition) is 2. The average Bonchev–Trinajstić information content (AvgIpc) is 2.37. The van der Waals surface area contributed by atoms with Gasteiger partial charge in [0.2, 0.25) is 0 Å². The molecule has 2 rings (SSSR count). The Morgan fingerprint density at radius 2 is 1.90 bits per heavy atom. The summed E-state index contributed by atoms with van der Waals surface area (Å²) in [7, 11) is 0. The van der Waals surface area contributed by atoms with Crippen molar-refractivity contribution in [1.82, 2.24) is 5.32 Å². The molecule has 0 aliphatic carbocycles. The molecular formula is C17H27BrN2. The molecule has 0 saturated carbocycles. The van der Waals surface area contributed by atoms with Crippen molar-refractivity contribution in [2.45, 2.75) is 53.1 Å². The van der Waals surface area contributed by atoms with Crippen LogP contribution in [0.3, 0.4) is 0 Å². The maximum absolute atomic E-state index is 3.62. The van der Waals surface area contributed by atoms with Crippen LogP contribution in [0.15, 0.2) is 22.7 Å². The normalized spacial score (nSPS) is 18.6. The largest absolute Gasteiger partial charge is 0.371 e. The second kappa shape index (κ2) is 6.48. The zero-order valence-electron chi connectivity index (χ0n) is 13.2. The fourth-order valence-corrected chi connectivity index (χ4v) is 3.00. The van der Waals surface area contributed by atoms with Crippen molar-refractivity contribution >= 4 is 21.6 Å². The minimum atomic E-state index is 0.499. The Morgan fingerprint density at radius 3 is 2.50 bits per heavy atom. The van der Waals surface area contributed by atoms with Crippen LogP contribution in [-0.4, -0.2) is 19.1 Å². The van der Waals surface area contributed by atoms with E-state index in [0.717, 1.165) is 19.6 Å². The van der Waals surface area contributed by atoms with Gasteiger partial charge in [-0.15, -0.1) is 0 Å². The molecule has 20 heavy (non-hydrogen) atoms. The van der Waals surface area contributed by atoms with Crippen molar-refractivity contribution in [3.05, 3.63) is 28.2 Å². The summed E-state index contributed by atoms with van der Waals surface area (Å²) in [5.41, 5.74) is 3.29. The first-order valence-corrected chi connectivity index (χ1v) is 8.43. The summed E-state index contributed by atoms with van der Waals surface area (Å²) in [6.07, 6.45) is 2.55. The molecule has 0 spiro atoms. The minimum Gasteiger partial charge on any atom is -0.371 e. The van der Waals surface area contributed by atoms with E-state index in [4.69, 9.17) is 0 Å². The molecule has 1 fully saturated rings. The fourth-order valence-electron chi connectivity index (χ4n) is 2.65. The third-order valence-corrected chi connectivity index (χ3v) is 4.70. The van der Waals surface area contributed by atoms with E-state index >= 15 is 0 Å². The maximum Gasteiger partial charge on any atom is 0.0423 e. The summed E-state index contributed by atoms with van der Waals surface area (Å²) in [6.45, 7) is 12.4. The molecule has 3 heteroatoms. The number of halogens is 1. The molecule has 0 unspecified atom stereocenters. The Bertz CT molecular complexity index is 444. The molecule has 1 heterocycles. The molecule has 1 aliphatic heterocycles. The number of benzene rings is 1. The van der Waals surface area contributed by atoms with E-state index in [-0.39, 0.29) is 0 Å². The van der Waals surface area contributed by atoms with Crippen molar-refractivity contribution in [2.75, 3.05) is 18.0 Å². The number of rotatable bonds is 4. The van der Waals surface area contributed by atoms with E-state index in [1.54, 1.807) is 0 Å². The molecule has 112 valence electrons. The summed E-state index contributed by atoms with van der Waals surface area (Å²) in [6, 6.07) is 7.19. The summed E-state index contributed by atoms with van der Waals surface area (Å²) in [4.78, 5) is 2.55. The van der Waals surface area contributed by atoms with Crippen LogP contribution in [0, 0.1) is 5.41 Å². The van der Waals surface area contributed by atoms with Crippen molar-refractivity contribution in [2.24, 2.45) is 5.41 Å². The van der Waals surface area contributed by atoms with Crippen LogP contribution in [0.25, 0.3) is 0 Å². The second-order valence-electron chi connectivity index (χ2n) is 6.96. The van der Waals surface area contributed by atoms with Crippen LogP contribution < -0.4 is 10.2 Å². The molecule has 1 aromatic rings. The SMILES string of the molecule is CC(C)NCc1ccc(Br)cc1N1CCC(C)(C)CC1. The van der Waals surface area contributed by atoms with Gasteiger partial charge < -0.3 is 10.2 Å². The van der Waals surface area contributed by atoms with Gasteiger partial charge in [-0.1, -0.05) is 49.7 Å². The summed E-state index contributed by atoms with van der Waals surface area (Å²) in [5, 5.41) is 3.53. The third kappa shape index (κ3) is 4.23. The summed E-state index contributed by atoms with van der Waals surface area (Å²) < 4.78 is 1.17. The summed E-state index contributed by atoms with van der Waals surface area (Å²) in [5.74, 6) is 0. The van der Waals surface area contributed by atoms with Gasteiger partial charge in [0, 0.05) is 35.8 Å². The molecule has 1 aliphatic rings. The van der Waals surface area contributed by atoms with Crippen LogP contribution in [-0.2, 0) is 6.54 Å². The zero-order chi connectivity index (χ0) is 14.8. The molecule has 2 nitrogen and oxygen atoms in total. The predicted octanol–water partition coefficient (Wildman–Crippen LogP) is 4.57. The van der Waals surface area contributed by atoms with E-state index in [1.165, 1.54) is 28.6 Å². The van der Waals surface area contributed by atoms with Crippen LogP contribution in [0.5, 0.6) is 0 Å². The van der Waals surface area contributed by atoms with Gasteiger partial charge in [-0.3, -0.25) is 0 Å². The lowest BCUT2D eigenvalue weighted by Crippen LogP contribution is -2.38. The molecular weight excluding hydrogens is 312 g/mol. The van der Waals surface area contributed by atoms with Gasteiger partial charge in [-0.25, -0.2) is 0 Å². The van der Waals surface area contributed by atoms with E-state index in [0.29, 0.717) is 11.5 Å². The Morgan fingerprint density at radius 1 is 1.25 bits per heavy atom. The quantitative estimate of drug-likeness (QED) is 0.864. The first-order valence-electron chi connectivity index (χ1n) is 7.64. The highest BCUT2D eigenvalue weighted by atomic mass is 79.9. The van der Waals surface area contributed by atoms with Gasteiger partial charge in [0.05, 0.1) is 0 Å². The minimum absolute atomic E-state index is 0.499. The Kier molecular flexibility index (Phi) is 5.14. The first-order chi connectivity index (χ1) is 9.37. The molecule has 0 amide bonds. The summed E-state index contributed by atoms with van der Waals surface area (Å²) >= 11 is 3.62. The highest BCUT2D eigenvalue weighted by molar-refractivity contribution is 9.10.